The smallest absolute Gasteiger partial charge is 0.276 e. The number of nitrogens with one attached hydrogen (secondary N) is 1. The van der Waals surface area contributed by atoms with E-state index in [4.69, 9.17) is 10.9 Å². The molecule has 9 heteroatoms. The van der Waals surface area contributed by atoms with Crippen LogP contribution in [-0.4, -0.2) is 37.6 Å². The summed E-state index contributed by atoms with van der Waals surface area (Å²) in [6.07, 6.45) is 0.699. The normalized spacial score (nSPS) is 18.3. The van der Waals surface area contributed by atoms with E-state index in [1.54, 1.807) is 30.3 Å². The first-order chi connectivity index (χ1) is 10.8. The molecule has 0 unspecified atom stereocenters. The molecule has 1 fully saturated rings. The van der Waals surface area contributed by atoms with E-state index in [1.165, 1.54) is 0 Å². The first-order valence-electron chi connectivity index (χ1n) is 7.21. The molecule has 126 valence electrons. The van der Waals surface area contributed by atoms with Crippen LogP contribution in [0, 0.1) is 5.92 Å². The van der Waals surface area contributed by atoms with Gasteiger partial charge in [0.2, 0.25) is 11.8 Å². The molecule has 1 atom stereocenters. The highest BCUT2D eigenvalue weighted by Gasteiger charge is 2.31. The van der Waals surface area contributed by atoms with Gasteiger partial charge in [0.05, 0.1) is 0 Å². The van der Waals surface area contributed by atoms with Crippen LogP contribution in [-0.2, 0) is 19.8 Å². The number of amides is 2. The summed E-state index contributed by atoms with van der Waals surface area (Å²) in [5, 5.41) is 7.71. The van der Waals surface area contributed by atoms with Crippen LogP contribution in [0.5, 0.6) is 0 Å². The Morgan fingerprint density at radius 3 is 2.22 bits per heavy atom. The Kier molecular flexibility index (Phi) is 5.34. The number of hydrogen-bond acceptors (Lipinski definition) is 4. The molecule has 1 aliphatic rings. The molecule has 1 aromatic rings. The summed E-state index contributed by atoms with van der Waals surface area (Å²) in [7, 11) is -3.73. The van der Waals surface area contributed by atoms with Gasteiger partial charge in [-0.3, -0.25) is 9.59 Å². The van der Waals surface area contributed by atoms with Gasteiger partial charge in [0.25, 0.3) is 10.2 Å². The number of piperidine rings is 1. The van der Waals surface area contributed by atoms with Crippen LogP contribution in [0.25, 0.3) is 0 Å². The molecule has 0 aromatic heterocycles. The second kappa shape index (κ2) is 7.07. The lowest BCUT2D eigenvalue weighted by atomic mass is 9.96. The topological polar surface area (TPSA) is 136 Å². The fraction of sp³-hybridized carbons (Fsp3) is 0.429. The first kappa shape index (κ1) is 17.4. The van der Waals surface area contributed by atoms with E-state index in [2.05, 4.69) is 5.32 Å². The van der Waals surface area contributed by atoms with Crippen molar-refractivity contribution in [1.82, 2.24) is 9.62 Å². The third-order valence-corrected chi connectivity index (χ3v) is 4.97. The molecule has 2 amide bonds. The molecule has 23 heavy (non-hydrogen) atoms. The van der Waals surface area contributed by atoms with Crippen molar-refractivity contribution in [2.24, 2.45) is 16.8 Å². The minimum Gasteiger partial charge on any atom is -0.368 e. The van der Waals surface area contributed by atoms with Crippen LogP contribution in [0.4, 0.5) is 0 Å². The molecular weight excluding hydrogens is 320 g/mol. The van der Waals surface area contributed by atoms with Gasteiger partial charge in [0, 0.05) is 19.0 Å². The monoisotopic (exact) mass is 340 g/mol. The van der Waals surface area contributed by atoms with Crippen LogP contribution in [0.1, 0.15) is 24.4 Å². The third-order valence-electron chi connectivity index (χ3n) is 3.89. The van der Waals surface area contributed by atoms with Crippen LogP contribution in [0.2, 0.25) is 0 Å². The Labute approximate surface area is 135 Å². The molecule has 0 radical (unpaired) electrons. The van der Waals surface area contributed by atoms with E-state index in [9.17, 15) is 18.0 Å². The Bertz CT molecular complexity index is 669. The van der Waals surface area contributed by atoms with Crippen molar-refractivity contribution in [2.45, 2.75) is 18.9 Å². The molecule has 1 aliphatic heterocycles. The summed E-state index contributed by atoms with van der Waals surface area (Å²) in [6.45, 7) is 0.368. The molecule has 0 bridgehead atoms. The summed E-state index contributed by atoms with van der Waals surface area (Å²) >= 11 is 0. The van der Waals surface area contributed by atoms with Gasteiger partial charge in [-0.15, -0.1) is 0 Å². The van der Waals surface area contributed by atoms with Crippen molar-refractivity contribution in [2.75, 3.05) is 13.1 Å². The van der Waals surface area contributed by atoms with Gasteiger partial charge in [0.1, 0.15) is 6.04 Å². The van der Waals surface area contributed by atoms with Crippen molar-refractivity contribution in [3.8, 4) is 0 Å². The maximum atomic E-state index is 12.3. The number of carbonyl (C=O) groups is 2. The zero-order chi connectivity index (χ0) is 17.0. The van der Waals surface area contributed by atoms with Crippen molar-refractivity contribution < 1.29 is 18.0 Å². The lowest BCUT2D eigenvalue weighted by molar-refractivity contribution is -0.130. The van der Waals surface area contributed by atoms with Gasteiger partial charge in [0.15, 0.2) is 0 Å². The number of primary amides is 1. The van der Waals surface area contributed by atoms with Crippen molar-refractivity contribution >= 4 is 22.0 Å². The molecule has 5 N–H and O–H groups in total. The second-order valence-electron chi connectivity index (χ2n) is 5.47. The highest BCUT2D eigenvalue weighted by molar-refractivity contribution is 7.86. The predicted octanol–water partition coefficient (Wildman–Crippen LogP) is -0.755. The second-order valence-corrected chi connectivity index (χ2v) is 7.02. The average Bonchev–Trinajstić information content (AvgIpc) is 2.52. The molecule has 1 heterocycles. The zero-order valence-corrected chi connectivity index (χ0v) is 13.3. The minimum absolute atomic E-state index is 0.184. The van der Waals surface area contributed by atoms with Crippen LogP contribution >= 0.6 is 0 Å². The molecule has 1 aromatic carbocycles. The van der Waals surface area contributed by atoms with Crippen LogP contribution in [0.15, 0.2) is 30.3 Å². The Balaban J connectivity index is 2.00. The summed E-state index contributed by atoms with van der Waals surface area (Å²) in [6, 6.07) is 7.81. The molecule has 8 nitrogen and oxygen atoms in total. The summed E-state index contributed by atoms with van der Waals surface area (Å²) in [4.78, 5) is 23.9. The fourth-order valence-electron chi connectivity index (χ4n) is 2.60. The molecular formula is C14H20N4O4S. The summed E-state index contributed by atoms with van der Waals surface area (Å²) < 4.78 is 23.7. The lowest BCUT2D eigenvalue weighted by Gasteiger charge is -2.29. The Morgan fingerprint density at radius 2 is 1.74 bits per heavy atom. The van der Waals surface area contributed by atoms with E-state index in [1.807, 2.05) is 0 Å². The predicted molar refractivity (Wildman–Crippen MR) is 83.9 cm³/mol. The SMILES string of the molecule is NC(=O)[C@H](NC(=O)C1CCN(S(N)(=O)=O)CC1)c1ccccc1. The molecule has 2 rings (SSSR count). The molecule has 0 saturated carbocycles. The number of carbonyl (C=O) groups excluding carboxylic acids is 2. The highest BCUT2D eigenvalue weighted by atomic mass is 32.2. The Morgan fingerprint density at radius 1 is 1.17 bits per heavy atom. The lowest BCUT2D eigenvalue weighted by Crippen LogP contribution is -2.47. The van der Waals surface area contributed by atoms with Crippen LogP contribution < -0.4 is 16.2 Å². The van der Waals surface area contributed by atoms with Crippen molar-refractivity contribution in [3.05, 3.63) is 35.9 Å². The minimum atomic E-state index is -3.73. The van der Waals surface area contributed by atoms with Crippen molar-refractivity contribution in [1.29, 1.82) is 0 Å². The third kappa shape index (κ3) is 4.50. The maximum absolute atomic E-state index is 12.3. The van der Waals surface area contributed by atoms with E-state index in [-0.39, 0.29) is 24.9 Å². The largest absolute Gasteiger partial charge is 0.368 e. The van der Waals surface area contributed by atoms with E-state index in [0.29, 0.717) is 18.4 Å². The quantitative estimate of drug-likeness (QED) is 0.649. The number of nitrogens with two attached hydrogens (primary N) is 2. The first-order valence-corrected chi connectivity index (χ1v) is 8.72. The van der Waals surface area contributed by atoms with Crippen molar-refractivity contribution in [3.63, 3.8) is 0 Å². The number of hydrogen-bond donors (Lipinski definition) is 3. The van der Waals surface area contributed by atoms with Gasteiger partial charge < -0.3 is 11.1 Å². The van der Waals surface area contributed by atoms with E-state index < -0.39 is 22.2 Å². The Hall–Kier alpha value is -1.97. The van der Waals surface area contributed by atoms with E-state index in [0.717, 1.165) is 4.31 Å². The summed E-state index contributed by atoms with van der Waals surface area (Å²) in [5.74, 6) is -1.34. The van der Waals surface area contributed by atoms with Gasteiger partial charge in [-0.1, -0.05) is 30.3 Å². The van der Waals surface area contributed by atoms with Crippen LogP contribution in [0.3, 0.4) is 0 Å². The number of benzene rings is 1. The number of rotatable bonds is 5. The van der Waals surface area contributed by atoms with Gasteiger partial charge in [-0.2, -0.15) is 12.7 Å². The zero-order valence-electron chi connectivity index (χ0n) is 12.5. The highest BCUT2D eigenvalue weighted by Crippen LogP contribution is 2.20. The number of nitrogens with zero attached hydrogens (tertiary/aromatic N) is 1. The van der Waals surface area contributed by atoms with E-state index >= 15 is 0 Å². The van der Waals surface area contributed by atoms with Gasteiger partial charge >= 0.3 is 0 Å². The fourth-order valence-corrected chi connectivity index (χ4v) is 3.32. The molecule has 1 saturated heterocycles. The average molecular weight is 340 g/mol. The summed E-state index contributed by atoms with van der Waals surface area (Å²) in [5.41, 5.74) is 5.97. The standard InChI is InChI=1S/C14H20N4O4S/c15-13(19)12(10-4-2-1-3-5-10)17-14(20)11-6-8-18(9-7-11)23(16,21)22/h1-5,11-12H,6-9H2,(H2,15,19)(H,17,20)(H2,16,21,22)/t12-/m1/s1. The maximum Gasteiger partial charge on any atom is 0.276 e. The molecule has 0 spiro atoms. The molecule has 0 aliphatic carbocycles. The van der Waals surface area contributed by atoms with Gasteiger partial charge in [-0.05, 0) is 18.4 Å². The van der Waals surface area contributed by atoms with Gasteiger partial charge in [-0.25, -0.2) is 5.14 Å².